The number of aromatic nitrogens is 1. The number of rotatable bonds is 5. The van der Waals surface area contributed by atoms with Crippen molar-refractivity contribution in [3.63, 3.8) is 0 Å². The van der Waals surface area contributed by atoms with E-state index in [0.29, 0.717) is 6.42 Å². The number of aliphatic carboxylic acids is 1. The molecular weight excluding hydrogens is 238 g/mol. The SMILES string of the molecule is Cc1ccc(CC(CC(=O)O)c2ccccn2)cc1. The molecule has 0 saturated heterocycles. The van der Waals surface area contributed by atoms with Gasteiger partial charge >= 0.3 is 5.97 Å². The number of hydrogen-bond donors (Lipinski definition) is 1. The quantitative estimate of drug-likeness (QED) is 0.892. The molecule has 1 unspecified atom stereocenters. The van der Waals surface area contributed by atoms with Crippen LogP contribution in [0.3, 0.4) is 0 Å². The van der Waals surface area contributed by atoms with Crippen LogP contribution in [-0.4, -0.2) is 16.1 Å². The zero-order valence-corrected chi connectivity index (χ0v) is 10.9. The fraction of sp³-hybridized carbons (Fsp3) is 0.250. The number of hydrogen-bond acceptors (Lipinski definition) is 2. The highest BCUT2D eigenvalue weighted by Gasteiger charge is 2.17. The lowest BCUT2D eigenvalue weighted by Gasteiger charge is -2.14. The van der Waals surface area contributed by atoms with E-state index in [1.807, 2.05) is 49.4 Å². The second-order valence-corrected chi connectivity index (χ2v) is 4.74. The van der Waals surface area contributed by atoms with Gasteiger partial charge < -0.3 is 5.11 Å². The van der Waals surface area contributed by atoms with E-state index in [9.17, 15) is 4.79 Å². The Morgan fingerprint density at radius 2 is 1.95 bits per heavy atom. The average molecular weight is 255 g/mol. The lowest BCUT2D eigenvalue weighted by atomic mass is 9.92. The molecule has 3 heteroatoms. The third-order valence-corrected chi connectivity index (χ3v) is 3.13. The monoisotopic (exact) mass is 255 g/mol. The predicted octanol–water partition coefficient (Wildman–Crippen LogP) is 3.19. The molecule has 0 fully saturated rings. The summed E-state index contributed by atoms with van der Waals surface area (Å²) in [6.45, 7) is 2.04. The summed E-state index contributed by atoms with van der Waals surface area (Å²) in [7, 11) is 0. The summed E-state index contributed by atoms with van der Waals surface area (Å²) < 4.78 is 0. The summed E-state index contributed by atoms with van der Waals surface area (Å²) in [6.07, 6.45) is 2.51. The van der Waals surface area contributed by atoms with Gasteiger partial charge in [0.15, 0.2) is 0 Å². The van der Waals surface area contributed by atoms with Crippen molar-refractivity contribution in [1.82, 2.24) is 4.98 Å². The second kappa shape index (κ2) is 6.14. The van der Waals surface area contributed by atoms with E-state index < -0.39 is 5.97 Å². The highest BCUT2D eigenvalue weighted by molar-refractivity contribution is 5.68. The largest absolute Gasteiger partial charge is 0.481 e. The van der Waals surface area contributed by atoms with Gasteiger partial charge in [0.1, 0.15) is 0 Å². The Hall–Kier alpha value is -2.16. The topological polar surface area (TPSA) is 50.2 Å². The number of carboxylic acid groups (broad SMARTS) is 1. The summed E-state index contributed by atoms with van der Waals surface area (Å²) in [6, 6.07) is 13.8. The van der Waals surface area contributed by atoms with E-state index in [4.69, 9.17) is 5.11 Å². The van der Waals surface area contributed by atoms with Gasteiger partial charge in [0, 0.05) is 17.8 Å². The predicted molar refractivity (Wildman–Crippen MR) is 74.1 cm³/mol. The normalized spacial score (nSPS) is 12.1. The van der Waals surface area contributed by atoms with E-state index in [1.54, 1.807) is 6.20 Å². The first-order chi connectivity index (χ1) is 9.15. The van der Waals surface area contributed by atoms with Crippen LogP contribution in [0.1, 0.15) is 29.2 Å². The number of benzene rings is 1. The standard InChI is InChI=1S/C16H17NO2/c1-12-5-7-13(8-6-12)10-14(11-16(18)19)15-4-2-3-9-17-15/h2-9,14H,10-11H2,1H3,(H,18,19). The maximum Gasteiger partial charge on any atom is 0.304 e. The molecule has 0 aliphatic rings. The van der Waals surface area contributed by atoms with Crippen molar-refractivity contribution in [3.05, 3.63) is 65.5 Å². The Labute approximate surface area is 112 Å². The molecule has 1 aromatic heterocycles. The second-order valence-electron chi connectivity index (χ2n) is 4.74. The fourth-order valence-corrected chi connectivity index (χ4v) is 2.12. The van der Waals surface area contributed by atoms with Crippen molar-refractivity contribution in [2.75, 3.05) is 0 Å². The van der Waals surface area contributed by atoms with E-state index in [2.05, 4.69) is 4.98 Å². The van der Waals surface area contributed by atoms with Gasteiger partial charge in [-0.05, 0) is 31.0 Å². The Kier molecular flexibility index (Phi) is 4.29. The first kappa shape index (κ1) is 13.3. The summed E-state index contributed by atoms with van der Waals surface area (Å²) in [5, 5.41) is 9.04. The number of nitrogens with zero attached hydrogens (tertiary/aromatic N) is 1. The van der Waals surface area contributed by atoms with E-state index in [1.165, 1.54) is 5.56 Å². The number of carboxylic acids is 1. The van der Waals surface area contributed by atoms with Crippen molar-refractivity contribution in [2.24, 2.45) is 0 Å². The van der Waals surface area contributed by atoms with Gasteiger partial charge in [0.2, 0.25) is 0 Å². The first-order valence-electron chi connectivity index (χ1n) is 6.33. The number of pyridine rings is 1. The van der Waals surface area contributed by atoms with Crippen molar-refractivity contribution >= 4 is 5.97 Å². The van der Waals surface area contributed by atoms with Gasteiger partial charge in [-0.25, -0.2) is 0 Å². The summed E-state index contributed by atoms with van der Waals surface area (Å²) in [5.41, 5.74) is 3.18. The molecule has 0 radical (unpaired) electrons. The molecule has 19 heavy (non-hydrogen) atoms. The van der Waals surface area contributed by atoms with Gasteiger partial charge in [-0.15, -0.1) is 0 Å². The van der Waals surface area contributed by atoms with Crippen LogP contribution < -0.4 is 0 Å². The Morgan fingerprint density at radius 3 is 2.53 bits per heavy atom. The average Bonchev–Trinajstić information content (AvgIpc) is 2.41. The smallest absolute Gasteiger partial charge is 0.304 e. The number of carbonyl (C=O) groups is 1. The maximum absolute atomic E-state index is 11.0. The van der Waals surface area contributed by atoms with Crippen LogP contribution in [-0.2, 0) is 11.2 Å². The molecule has 0 spiro atoms. The Balaban J connectivity index is 2.19. The van der Waals surface area contributed by atoms with Gasteiger partial charge in [0.05, 0.1) is 6.42 Å². The molecule has 2 aromatic rings. The molecule has 1 N–H and O–H groups in total. The van der Waals surface area contributed by atoms with Gasteiger partial charge in [0.25, 0.3) is 0 Å². The van der Waals surface area contributed by atoms with Crippen LogP contribution in [0.15, 0.2) is 48.7 Å². The van der Waals surface area contributed by atoms with E-state index >= 15 is 0 Å². The minimum Gasteiger partial charge on any atom is -0.481 e. The lowest BCUT2D eigenvalue weighted by Crippen LogP contribution is -2.10. The third-order valence-electron chi connectivity index (χ3n) is 3.13. The zero-order valence-electron chi connectivity index (χ0n) is 10.9. The molecule has 2 rings (SSSR count). The van der Waals surface area contributed by atoms with Crippen molar-refractivity contribution in [1.29, 1.82) is 0 Å². The highest BCUT2D eigenvalue weighted by atomic mass is 16.4. The Bertz CT molecular complexity index is 534. The molecule has 0 amide bonds. The van der Waals surface area contributed by atoms with Crippen LogP contribution in [0, 0.1) is 6.92 Å². The molecule has 98 valence electrons. The molecule has 0 aliphatic heterocycles. The van der Waals surface area contributed by atoms with Crippen LogP contribution in [0.25, 0.3) is 0 Å². The molecule has 1 heterocycles. The van der Waals surface area contributed by atoms with Crippen molar-refractivity contribution in [3.8, 4) is 0 Å². The molecule has 3 nitrogen and oxygen atoms in total. The molecule has 1 atom stereocenters. The minimum absolute atomic E-state index is 0.0820. The van der Waals surface area contributed by atoms with Gasteiger partial charge in [-0.1, -0.05) is 35.9 Å². The number of aryl methyl sites for hydroxylation is 1. The lowest BCUT2D eigenvalue weighted by molar-refractivity contribution is -0.137. The fourth-order valence-electron chi connectivity index (χ4n) is 2.12. The maximum atomic E-state index is 11.0. The van der Waals surface area contributed by atoms with Gasteiger partial charge in [-0.2, -0.15) is 0 Å². The van der Waals surface area contributed by atoms with Crippen molar-refractivity contribution in [2.45, 2.75) is 25.7 Å². The summed E-state index contributed by atoms with van der Waals surface area (Å²) in [4.78, 5) is 15.3. The minimum atomic E-state index is -0.789. The van der Waals surface area contributed by atoms with Crippen LogP contribution in [0.2, 0.25) is 0 Å². The van der Waals surface area contributed by atoms with Crippen molar-refractivity contribution < 1.29 is 9.90 Å². The van der Waals surface area contributed by atoms with Crippen LogP contribution in [0.4, 0.5) is 0 Å². The van der Waals surface area contributed by atoms with Gasteiger partial charge in [-0.3, -0.25) is 9.78 Å². The Morgan fingerprint density at radius 1 is 1.21 bits per heavy atom. The molecule has 0 bridgehead atoms. The molecular formula is C16H17NO2. The molecule has 1 aromatic carbocycles. The summed E-state index contributed by atoms with van der Waals surface area (Å²) >= 11 is 0. The van der Waals surface area contributed by atoms with Crippen LogP contribution >= 0.6 is 0 Å². The summed E-state index contributed by atoms with van der Waals surface area (Å²) in [5.74, 6) is -0.871. The first-order valence-corrected chi connectivity index (χ1v) is 6.33. The zero-order chi connectivity index (χ0) is 13.7. The van der Waals surface area contributed by atoms with E-state index in [0.717, 1.165) is 11.3 Å². The third kappa shape index (κ3) is 3.91. The molecule has 0 aliphatic carbocycles. The van der Waals surface area contributed by atoms with E-state index in [-0.39, 0.29) is 12.3 Å². The van der Waals surface area contributed by atoms with Crippen LogP contribution in [0.5, 0.6) is 0 Å². The highest BCUT2D eigenvalue weighted by Crippen LogP contribution is 2.22. The molecule has 0 saturated carbocycles.